The van der Waals surface area contributed by atoms with Crippen LogP contribution in [0.15, 0.2) is 54.9 Å². The lowest BCUT2D eigenvalue weighted by Crippen LogP contribution is -2.17. The van der Waals surface area contributed by atoms with Crippen LogP contribution in [-0.2, 0) is 4.79 Å². The highest BCUT2D eigenvalue weighted by molar-refractivity contribution is 6.32. The molecule has 0 saturated carbocycles. The van der Waals surface area contributed by atoms with E-state index < -0.39 is 5.97 Å². The van der Waals surface area contributed by atoms with Crippen LogP contribution in [-0.4, -0.2) is 32.8 Å². The third-order valence-electron chi connectivity index (χ3n) is 2.85. The lowest BCUT2D eigenvalue weighted by atomic mass is 10.3. The van der Waals surface area contributed by atoms with Gasteiger partial charge in [0.15, 0.2) is 6.61 Å². The lowest BCUT2D eigenvalue weighted by molar-refractivity contribution is -0.136. The Morgan fingerprint density at radius 3 is 2.83 bits per heavy atom. The molecule has 0 fully saturated rings. The summed E-state index contributed by atoms with van der Waals surface area (Å²) < 4.78 is 12.0. The van der Waals surface area contributed by atoms with E-state index in [4.69, 9.17) is 21.1 Å². The predicted octanol–water partition coefficient (Wildman–Crippen LogP) is 2.30. The first-order chi connectivity index (χ1) is 11.2. The molecule has 0 amide bonds. The molecule has 8 heteroatoms. The van der Waals surface area contributed by atoms with Gasteiger partial charge in [-0.15, -0.1) is 5.10 Å². The maximum atomic E-state index is 11.9. The molecular formula is C15H11ClN4O3. The molecule has 0 N–H and O–H groups in total. The van der Waals surface area contributed by atoms with Gasteiger partial charge in [0.2, 0.25) is 0 Å². The quantitative estimate of drug-likeness (QED) is 0.527. The van der Waals surface area contributed by atoms with Crippen molar-refractivity contribution in [2.45, 2.75) is 0 Å². The van der Waals surface area contributed by atoms with Crippen LogP contribution in [0.3, 0.4) is 0 Å². The number of carbonyl (C=O) groups is 1. The Hall–Kier alpha value is -2.93. The van der Waals surface area contributed by atoms with Gasteiger partial charge in [-0.3, -0.25) is 0 Å². The molecule has 116 valence electrons. The van der Waals surface area contributed by atoms with Crippen molar-refractivity contribution < 1.29 is 14.3 Å². The molecule has 0 spiro atoms. The number of para-hydroxylation sites is 1. The highest BCUT2D eigenvalue weighted by atomic mass is 35.5. The molecule has 1 aromatic heterocycles. The average molecular weight is 331 g/mol. The van der Waals surface area contributed by atoms with Gasteiger partial charge in [0.05, 0.1) is 10.7 Å². The van der Waals surface area contributed by atoms with Gasteiger partial charge in [-0.05, 0) is 34.7 Å². The zero-order valence-electron chi connectivity index (χ0n) is 11.8. The van der Waals surface area contributed by atoms with Crippen LogP contribution in [0.5, 0.6) is 11.5 Å². The van der Waals surface area contributed by atoms with Crippen molar-refractivity contribution >= 4 is 17.6 Å². The first-order valence-corrected chi connectivity index (χ1v) is 7.01. The number of ether oxygens (including phenoxy) is 2. The molecule has 0 atom stereocenters. The van der Waals surface area contributed by atoms with Crippen LogP contribution in [0.4, 0.5) is 0 Å². The minimum atomic E-state index is -0.543. The van der Waals surface area contributed by atoms with Crippen molar-refractivity contribution in [2.75, 3.05) is 6.61 Å². The van der Waals surface area contributed by atoms with Gasteiger partial charge >= 0.3 is 5.97 Å². The molecule has 0 aliphatic heterocycles. The number of aromatic nitrogens is 4. The second-order valence-corrected chi connectivity index (χ2v) is 4.85. The summed E-state index contributed by atoms with van der Waals surface area (Å²) in [7, 11) is 0. The minimum absolute atomic E-state index is 0.251. The fraction of sp³-hybridized carbons (Fsp3) is 0.0667. The second-order valence-electron chi connectivity index (χ2n) is 4.44. The number of hydrogen-bond acceptors (Lipinski definition) is 6. The molecule has 2 aromatic carbocycles. The van der Waals surface area contributed by atoms with Gasteiger partial charge in [0.1, 0.15) is 17.8 Å². The third-order valence-corrected chi connectivity index (χ3v) is 3.16. The Kier molecular flexibility index (Phi) is 4.49. The van der Waals surface area contributed by atoms with Gasteiger partial charge in [0.25, 0.3) is 0 Å². The topological polar surface area (TPSA) is 79.1 Å². The Morgan fingerprint density at radius 1 is 1.17 bits per heavy atom. The summed E-state index contributed by atoms with van der Waals surface area (Å²) in [5.41, 5.74) is 0.673. The average Bonchev–Trinajstić information content (AvgIpc) is 3.09. The van der Waals surface area contributed by atoms with Gasteiger partial charge in [-0.1, -0.05) is 29.8 Å². The monoisotopic (exact) mass is 330 g/mol. The molecular weight excluding hydrogens is 320 g/mol. The smallest absolute Gasteiger partial charge is 0.349 e. The van der Waals surface area contributed by atoms with Crippen LogP contribution < -0.4 is 9.47 Å². The summed E-state index contributed by atoms with van der Waals surface area (Å²) in [6, 6.07) is 13.7. The Balaban J connectivity index is 1.62. The first kappa shape index (κ1) is 15.0. The maximum Gasteiger partial charge on any atom is 0.349 e. The van der Waals surface area contributed by atoms with Crippen LogP contribution >= 0.6 is 11.6 Å². The molecule has 0 bridgehead atoms. The van der Waals surface area contributed by atoms with Crippen molar-refractivity contribution in [3.63, 3.8) is 0 Å². The molecule has 3 rings (SSSR count). The highest BCUT2D eigenvalue weighted by Crippen LogP contribution is 2.23. The highest BCUT2D eigenvalue weighted by Gasteiger charge is 2.09. The largest absolute Gasteiger partial charge is 0.480 e. The molecule has 1 heterocycles. The van der Waals surface area contributed by atoms with E-state index in [1.165, 1.54) is 11.0 Å². The lowest BCUT2D eigenvalue weighted by Gasteiger charge is -2.08. The van der Waals surface area contributed by atoms with Crippen molar-refractivity contribution in [3.05, 3.63) is 59.9 Å². The van der Waals surface area contributed by atoms with Gasteiger partial charge < -0.3 is 9.47 Å². The summed E-state index contributed by atoms with van der Waals surface area (Å²) >= 11 is 5.95. The first-order valence-electron chi connectivity index (χ1n) is 6.64. The molecule has 0 aliphatic carbocycles. The number of tetrazole rings is 1. The fourth-order valence-electron chi connectivity index (χ4n) is 1.83. The van der Waals surface area contributed by atoms with E-state index in [0.29, 0.717) is 22.2 Å². The standard InChI is InChI=1S/C15H11ClN4O3/c16-13-6-1-2-7-14(13)22-9-15(21)23-12-5-3-4-11(8-12)20-10-17-18-19-20/h1-8,10H,9H2. The van der Waals surface area contributed by atoms with E-state index >= 15 is 0 Å². The van der Waals surface area contributed by atoms with Crippen molar-refractivity contribution in [2.24, 2.45) is 0 Å². The minimum Gasteiger partial charge on any atom is -0.480 e. The van der Waals surface area contributed by atoms with E-state index in [1.54, 1.807) is 48.5 Å². The number of benzene rings is 2. The fourth-order valence-corrected chi connectivity index (χ4v) is 2.02. The maximum absolute atomic E-state index is 11.9. The zero-order valence-corrected chi connectivity index (χ0v) is 12.6. The summed E-state index contributed by atoms with van der Waals surface area (Å²) in [5, 5.41) is 11.3. The van der Waals surface area contributed by atoms with E-state index in [9.17, 15) is 4.79 Å². The summed E-state index contributed by atoms with van der Waals surface area (Å²) in [5.74, 6) is 0.248. The molecule has 7 nitrogen and oxygen atoms in total. The third kappa shape index (κ3) is 3.83. The second kappa shape index (κ2) is 6.89. The SMILES string of the molecule is O=C(COc1ccccc1Cl)Oc1cccc(-n2cnnn2)c1. The van der Waals surface area contributed by atoms with E-state index in [1.807, 2.05) is 0 Å². The Morgan fingerprint density at radius 2 is 2.04 bits per heavy atom. The van der Waals surface area contributed by atoms with E-state index in [0.717, 1.165) is 0 Å². The molecule has 3 aromatic rings. The number of halogens is 1. The van der Waals surface area contributed by atoms with Gasteiger partial charge in [-0.25, -0.2) is 9.48 Å². The van der Waals surface area contributed by atoms with Crippen LogP contribution in [0, 0.1) is 0 Å². The summed E-state index contributed by atoms with van der Waals surface area (Å²) in [4.78, 5) is 11.9. The van der Waals surface area contributed by atoms with Gasteiger partial charge in [-0.2, -0.15) is 0 Å². The molecule has 0 unspecified atom stereocenters. The molecule has 0 radical (unpaired) electrons. The van der Waals surface area contributed by atoms with Crippen molar-refractivity contribution in [1.82, 2.24) is 20.2 Å². The summed E-state index contributed by atoms with van der Waals surface area (Å²) in [6.07, 6.45) is 1.45. The molecule has 0 aliphatic rings. The Bertz CT molecular complexity index is 808. The van der Waals surface area contributed by atoms with Crippen molar-refractivity contribution in [3.8, 4) is 17.2 Å². The number of carbonyl (C=O) groups excluding carboxylic acids is 1. The molecule has 0 saturated heterocycles. The number of rotatable bonds is 5. The number of esters is 1. The number of hydrogen-bond donors (Lipinski definition) is 0. The van der Waals surface area contributed by atoms with E-state index in [-0.39, 0.29) is 6.61 Å². The van der Waals surface area contributed by atoms with E-state index in [2.05, 4.69) is 15.5 Å². The van der Waals surface area contributed by atoms with Crippen LogP contribution in [0.2, 0.25) is 5.02 Å². The van der Waals surface area contributed by atoms with Gasteiger partial charge in [0, 0.05) is 6.07 Å². The van der Waals surface area contributed by atoms with Crippen molar-refractivity contribution in [1.29, 1.82) is 0 Å². The summed E-state index contributed by atoms with van der Waals surface area (Å²) in [6.45, 7) is -0.251. The molecule has 23 heavy (non-hydrogen) atoms. The van der Waals surface area contributed by atoms with Crippen LogP contribution in [0.1, 0.15) is 0 Å². The number of nitrogens with zero attached hydrogens (tertiary/aromatic N) is 4. The predicted molar refractivity (Wildman–Crippen MR) is 81.7 cm³/mol. The Labute approximate surface area is 136 Å². The van der Waals surface area contributed by atoms with Crippen LogP contribution in [0.25, 0.3) is 5.69 Å². The normalized spacial score (nSPS) is 10.3. The zero-order chi connectivity index (χ0) is 16.1.